The van der Waals surface area contributed by atoms with E-state index < -0.39 is 11.9 Å². The fraction of sp³-hybridized carbons (Fsp3) is 0.0833. The molecule has 7 heteroatoms. The van der Waals surface area contributed by atoms with Crippen molar-refractivity contribution in [1.82, 2.24) is 4.98 Å². The number of nitrogens with zero attached hydrogens (tertiary/aromatic N) is 1. The molecule has 0 spiro atoms. The lowest BCUT2D eigenvalue weighted by Crippen LogP contribution is -2.13. The Morgan fingerprint density at radius 3 is 2.74 bits per heavy atom. The van der Waals surface area contributed by atoms with Crippen molar-refractivity contribution in [3.63, 3.8) is 0 Å². The van der Waals surface area contributed by atoms with E-state index in [4.69, 9.17) is 15.3 Å². The van der Waals surface area contributed by atoms with Gasteiger partial charge in [-0.3, -0.25) is 4.79 Å². The zero-order valence-corrected chi connectivity index (χ0v) is 9.79. The molecule has 0 radical (unpaired) electrons. The van der Waals surface area contributed by atoms with E-state index in [1.807, 2.05) is 0 Å². The summed E-state index contributed by atoms with van der Waals surface area (Å²) in [5.74, 6) is -0.973. The molecular formula is C12H11N3O4. The number of nitrogens with two attached hydrogens (primary N) is 1. The maximum atomic E-state index is 11.0. The molecule has 0 saturated carbocycles. The molecule has 2 aromatic rings. The summed E-state index contributed by atoms with van der Waals surface area (Å²) < 4.78 is 5.06. The number of carboxylic acids is 1. The van der Waals surface area contributed by atoms with Gasteiger partial charge in [0, 0.05) is 0 Å². The van der Waals surface area contributed by atoms with Crippen LogP contribution in [-0.4, -0.2) is 22.0 Å². The normalized spacial score (nSPS) is 10.1. The van der Waals surface area contributed by atoms with E-state index in [0.29, 0.717) is 11.6 Å². The van der Waals surface area contributed by atoms with Crippen molar-refractivity contribution in [3.05, 3.63) is 47.5 Å². The van der Waals surface area contributed by atoms with Gasteiger partial charge in [0.25, 0.3) is 5.91 Å². The number of hydrogen-bond donors (Lipinski definition) is 3. The van der Waals surface area contributed by atoms with E-state index in [-0.39, 0.29) is 18.0 Å². The van der Waals surface area contributed by atoms with Crippen LogP contribution in [-0.2, 0) is 6.54 Å². The van der Waals surface area contributed by atoms with E-state index >= 15 is 0 Å². The lowest BCUT2D eigenvalue weighted by molar-refractivity contribution is 0.0660. The first-order valence-electron chi connectivity index (χ1n) is 5.39. The summed E-state index contributed by atoms with van der Waals surface area (Å²) >= 11 is 0. The highest BCUT2D eigenvalue weighted by Crippen LogP contribution is 2.11. The minimum absolute atomic E-state index is 0.129. The van der Waals surface area contributed by atoms with Crippen molar-refractivity contribution in [2.24, 2.45) is 5.73 Å². The number of aromatic carboxylic acids is 1. The smallest absolute Gasteiger partial charge is 0.371 e. The van der Waals surface area contributed by atoms with Crippen molar-refractivity contribution in [1.29, 1.82) is 0 Å². The number of anilines is 1. The third-order valence-corrected chi connectivity index (χ3v) is 2.32. The molecule has 0 atom stereocenters. The van der Waals surface area contributed by atoms with Crippen molar-refractivity contribution in [2.45, 2.75) is 6.54 Å². The highest BCUT2D eigenvalue weighted by Gasteiger charge is 2.09. The van der Waals surface area contributed by atoms with E-state index in [0.717, 1.165) is 0 Å². The van der Waals surface area contributed by atoms with E-state index in [2.05, 4.69) is 10.3 Å². The van der Waals surface area contributed by atoms with Gasteiger partial charge in [0.1, 0.15) is 17.3 Å². The molecule has 0 unspecified atom stereocenters. The molecule has 0 aliphatic carbocycles. The molecule has 1 amide bonds. The molecule has 0 saturated heterocycles. The second-order valence-corrected chi connectivity index (χ2v) is 3.70. The standard InChI is InChI=1S/C12H11N3O4/c13-11(16)8-2-1-3-10(15-8)14-6-7-4-5-9(19-7)12(17)18/h1-5H,6H2,(H2,13,16)(H,14,15)(H,17,18). The third kappa shape index (κ3) is 3.09. The lowest BCUT2D eigenvalue weighted by atomic mass is 10.3. The molecule has 19 heavy (non-hydrogen) atoms. The van der Waals surface area contributed by atoms with Crippen LogP contribution >= 0.6 is 0 Å². The number of hydrogen-bond acceptors (Lipinski definition) is 5. The molecule has 0 bridgehead atoms. The first kappa shape index (κ1) is 12.6. The Morgan fingerprint density at radius 1 is 1.32 bits per heavy atom. The van der Waals surface area contributed by atoms with Gasteiger partial charge < -0.3 is 20.6 Å². The number of furan rings is 1. The molecule has 98 valence electrons. The van der Waals surface area contributed by atoms with Crippen LogP contribution in [0.5, 0.6) is 0 Å². The van der Waals surface area contributed by atoms with Gasteiger partial charge in [0.05, 0.1) is 6.54 Å². The number of nitrogens with one attached hydrogen (secondary N) is 1. The molecule has 2 rings (SSSR count). The minimum atomic E-state index is -1.12. The summed E-state index contributed by atoms with van der Waals surface area (Å²) in [5.41, 5.74) is 5.26. The van der Waals surface area contributed by atoms with Crippen LogP contribution in [0.4, 0.5) is 5.82 Å². The fourth-order valence-corrected chi connectivity index (χ4v) is 1.44. The number of amides is 1. The molecule has 0 fully saturated rings. The van der Waals surface area contributed by atoms with Crippen LogP contribution in [0.2, 0.25) is 0 Å². The van der Waals surface area contributed by atoms with Crippen LogP contribution in [0, 0.1) is 0 Å². The number of pyridine rings is 1. The van der Waals surface area contributed by atoms with Gasteiger partial charge in [-0.15, -0.1) is 0 Å². The molecular weight excluding hydrogens is 250 g/mol. The second-order valence-electron chi connectivity index (χ2n) is 3.70. The molecule has 7 nitrogen and oxygen atoms in total. The number of carbonyl (C=O) groups is 2. The Labute approximate surface area is 108 Å². The van der Waals surface area contributed by atoms with Gasteiger partial charge in [-0.2, -0.15) is 0 Å². The maximum Gasteiger partial charge on any atom is 0.371 e. The van der Waals surface area contributed by atoms with Gasteiger partial charge in [-0.05, 0) is 24.3 Å². The van der Waals surface area contributed by atoms with Crippen LogP contribution in [0.1, 0.15) is 26.8 Å². The predicted octanol–water partition coefficient (Wildman–Crippen LogP) is 1.08. The summed E-state index contributed by atoms with van der Waals surface area (Å²) in [5, 5.41) is 11.6. The van der Waals surface area contributed by atoms with Crippen molar-refractivity contribution in [2.75, 3.05) is 5.32 Å². The van der Waals surface area contributed by atoms with E-state index in [9.17, 15) is 9.59 Å². The average Bonchev–Trinajstić information content (AvgIpc) is 2.85. The van der Waals surface area contributed by atoms with Gasteiger partial charge in [0.2, 0.25) is 5.76 Å². The number of carboxylic acid groups (broad SMARTS) is 1. The Hall–Kier alpha value is -2.83. The molecule has 2 aromatic heterocycles. The van der Waals surface area contributed by atoms with E-state index in [1.165, 1.54) is 12.1 Å². The third-order valence-electron chi connectivity index (χ3n) is 2.32. The van der Waals surface area contributed by atoms with E-state index in [1.54, 1.807) is 18.2 Å². The maximum absolute atomic E-state index is 11.0. The largest absolute Gasteiger partial charge is 0.475 e. The topological polar surface area (TPSA) is 118 Å². The second kappa shape index (κ2) is 5.21. The zero-order valence-electron chi connectivity index (χ0n) is 9.79. The van der Waals surface area contributed by atoms with Crippen molar-refractivity contribution in [3.8, 4) is 0 Å². The number of carbonyl (C=O) groups excluding carboxylic acids is 1. The Bertz CT molecular complexity index is 621. The molecule has 0 aliphatic rings. The van der Waals surface area contributed by atoms with Gasteiger partial charge in [-0.25, -0.2) is 9.78 Å². The summed E-state index contributed by atoms with van der Waals surface area (Å²) in [6.07, 6.45) is 0. The number of aromatic nitrogens is 1. The summed E-state index contributed by atoms with van der Waals surface area (Å²) in [6.45, 7) is 0.252. The SMILES string of the molecule is NC(=O)c1cccc(NCc2ccc(C(=O)O)o2)n1. The first-order chi connectivity index (χ1) is 9.06. The van der Waals surface area contributed by atoms with Gasteiger partial charge in [0.15, 0.2) is 0 Å². The Balaban J connectivity index is 2.03. The minimum Gasteiger partial charge on any atom is -0.475 e. The van der Waals surface area contributed by atoms with Crippen LogP contribution < -0.4 is 11.1 Å². The zero-order chi connectivity index (χ0) is 13.8. The van der Waals surface area contributed by atoms with Crippen molar-refractivity contribution < 1.29 is 19.1 Å². The van der Waals surface area contributed by atoms with Crippen molar-refractivity contribution >= 4 is 17.7 Å². The lowest BCUT2D eigenvalue weighted by Gasteiger charge is -2.04. The van der Waals surface area contributed by atoms with Gasteiger partial charge >= 0.3 is 5.97 Å². The first-order valence-corrected chi connectivity index (χ1v) is 5.39. The average molecular weight is 261 g/mol. The molecule has 0 aromatic carbocycles. The predicted molar refractivity (Wildman–Crippen MR) is 65.7 cm³/mol. The Kier molecular flexibility index (Phi) is 3.46. The molecule has 4 N–H and O–H groups in total. The number of rotatable bonds is 5. The number of primary amides is 1. The van der Waals surface area contributed by atoms with Crippen LogP contribution in [0.15, 0.2) is 34.7 Å². The summed E-state index contributed by atoms with van der Waals surface area (Å²) in [4.78, 5) is 25.6. The monoisotopic (exact) mass is 261 g/mol. The highest BCUT2D eigenvalue weighted by molar-refractivity contribution is 5.91. The van der Waals surface area contributed by atoms with Gasteiger partial charge in [-0.1, -0.05) is 6.07 Å². The Morgan fingerprint density at radius 2 is 2.11 bits per heavy atom. The fourth-order valence-electron chi connectivity index (χ4n) is 1.44. The quantitative estimate of drug-likeness (QED) is 0.741. The summed E-state index contributed by atoms with van der Waals surface area (Å²) in [7, 11) is 0. The molecule has 0 aliphatic heterocycles. The highest BCUT2D eigenvalue weighted by atomic mass is 16.4. The van der Waals surface area contributed by atoms with Crippen LogP contribution in [0.25, 0.3) is 0 Å². The summed E-state index contributed by atoms with van der Waals surface area (Å²) in [6, 6.07) is 7.72. The molecule has 2 heterocycles. The van der Waals surface area contributed by atoms with Crippen LogP contribution in [0.3, 0.4) is 0 Å².